The summed E-state index contributed by atoms with van der Waals surface area (Å²) < 4.78 is 0. The van der Waals surface area contributed by atoms with E-state index in [1.165, 1.54) is 25.9 Å². The number of rotatable bonds is 5. The minimum absolute atomic E-state index is 0.0201. The Balaban J connectivity index is 1.74. The molecule has 0 saturated carbocycles. The van der Waals surface area contributed by atoms with E-state index in [4.69, 9.17) is 5.73 Å². The van der Waals surface area contributed by atoms with Crippen molar-refractivity contribution in [3.8, 4) is 0 Å². The van der Waals surface area contributed by atoms with Gasteiger partial charge in [0.2, 0.25) is 0 Å². The summed E-state index contributed by atoms with van der Waals surface area (Å²) in [6, 6.07) is 7.02. The molecule has 3 N–H and O–H groups in total. The summed E-state index contributed by atoms with van der Waals surface area (Å²) in [7, 11) is 0. The van der Waals surface area contributed by atoms with E-state index >= 15 is 0 Å². The fraction of sp³-hybridized carbons (Fsp3) is 0.533. The SMILES string of the molecule is CC(CNC(=O)c1ccc(N)cc1)CN1CCCC1. The van der Waals surface area contributed by atoms with E-state index in [2.05, 4.69) is 17.1 Å². The van der Waals surface area contributed by atoms with Crippen molar-refractivity contribution in [3.63, 3.8) is 0 Å². The molecule has 0 bridgehead atoms. The lowest BCUT2D eigenvalue weighted by Crippen LogP contribution is -2.34. The van der Waals surface area contributed by atoms with Crippen molar-refractivity contribution in [3.05, 3.63) is 29.8 Å². The van der Waals surface area contributed by atoms with Gasteiger partial charge in [0.25, 0.3) is 5.91 Å². The van der Waals surface area contributed by atoms with Gasteiger partial charge in [-0.1, -0.05) is 6.92 Å². The average Bonchev–Trinajstić information content (AvgIpc) is 2.89. The zero-order valence-corrected chi connectivity index (χ0v) is 11.6. The van der Waals surface area contributed by atoms with Gasteiger partial charge in [0.15, 0.2) is 0 Å². The molecular formula is C15H23N3O. The Morgan fingerprint density at radius 3 is 2.58 bits per heavy atom. The molecule has 19 heavy (non-hydrogen) atoms. The fourth-order valence-electron chi connectivity index (χ4n) is 2.47. The summed E-state index contributed by atoms with van der Waals surface area (Å²) in [5.41, 5.74) is 6.95. The molecule has 2 rings (SSSR count). The highest BCUT2D eigenvalue weighted by Crippen LogP contribution is 2.10. The lowest BCUT2D eigenvalue weighted by Gasteiger charge is -2.20. The zero-order valence-electron chi connectivity index (χ0n) is 11.6. The molecule has 4 nitrogen and oxygen atoms in total. The zero-order chi connectivity index (χ0) is 13.7. The van der Waals surface area contributed by atoms with Crippen LogP contribution in [0.1, 0.15) is 30.1 Å². The quantitative estimate of drug-likeness (QED) is 0.794. The average molecular weight is 261 g/mol. The van der Waals surface area contributed by atoms with Gasteiger partial charge < -0.3 is 16.0 Å². The fourth-order valence-corrected chi connectivity index (χ4v) is 2.47. The molecule has 4 heteroatoms. The van der Waals surface area contributed by atoms with Crippen LogP contribution in [-0.4, -0.2) is 37.0 Å². The van der Waals surface area contributed by atoms with E-state index in [1.807, 2.05) is 0 Å². The topological polar surface area (TPSA) is 58.4 Å². The van der Waals surface area contributed by atoms with Gasteiger partial charge in [-0.25, -0.2) is 0 Å². The summed E-state index contributed by atoms with van der Waals surface area (Å²) in [6.45, 7) is 6.38. The second kappa shape index (κ2) is 6.57. The lowest BCUT2D eigenvalue weighted by molar-refractivity contribution is 0.0945. The van der Waals surface area contributed by atoms with E-state index in [0.29, 0.717) is 17.2 Å². The van der Waals surface area contributed by atoms with E-state index in [0.717, 1.165) is 13.1 Å². The van der Waals surface area contributed by atoms with Gasteiger partial charge in [0.05, 0.1) is 0 Å². The third kappa shape index (κ3) is 4.24. The number of nitrogen functional groups attached to an aromatic ring is 1. The first-order valence-electron chi connectivity index (χ1n) is 7.01. The molecule has 1 heterocycles. The normalized spacial score (nSPS) is 17.3. The van der Waals surface area contributed by atoms with E-state index < -0.39 is 0 Å². The smallest absolute Gasteiger partial charge is 0.251 e. The maximum absolute atomic E-state index is 11.9. The standard InChI is InChI=1S/C15H23N3O/c1-12(11-18-8-2-3-9-18)10-17-15(19)13-4-6-14(16)7-5-13/h4-7,12H,2-3,8-11,16H2,1H3,(H,17,19). The van der Waals surface area contributed by atoms with Crippen LogP contribution in [0.3, 0.4) is 0 Å². The number of nitrogens with two attached hydrogens (primary N) is 1. The maximum Gasteiger partial charge on any atom is 0.251 e. The number of nitrogens with one attached hydrogen (secondary N) is 1. The predicted molar refractivity (Wildman–Crippen MR) is 78.0 cm³/mol. The molecule has 1 aromatic carbocycles. The van der Waals surface area contributed by atoms with Crippen LogP contribution in [-0.2, 0) is 0 Å². The molecule has 1 unspecified atom stereocenters. The number of carbonyl (C=O) groups is 1. The largest absolute Gasteiger partial charge is 0.399 e. The molecule has 0 aliphatic carbocycles. The van der Waals surface area contributed by atoms with Gasteiger partial charge in [-0.2, -0.15) is 0 Å². The maximum atomic E-state index is 11.9. The number of hydrogen-bond acceptors (Lipinski definition) is 3. The Kier molecular flexibility index (Phi) is 4.80. The number of carbonyl (C=O) groups excluding carboxylic acids is 1. The second-order valence-corrected chi connectivity index (χ2v) is 5.44. The van der Waals surface area contributed by atoms with Crippen molar-refractivity contribution in [2.45, 2.75) is 19.8 Å². The molecule has 1 saturated heterocycles. The van der Waals surface area contributed by atoms with Gasteiger partial charge in [-0.3, -0.25) is 4.79 Å². The van der Waals surface area contributed by atoms with Crippen molar-refractivity contribution in [1.29, 1.82) is 0 Å². The van der Waals surface area contributed by atoms with Gasteiger partial charge in [0, 0.05) is 24.3 Å². The number of likely N-dealkylation sites (tertiary alicyclic amines) is 1. The van der Waals surface area contributed by atoms with Gasteiger partial charge in [-0.05, 0) is 56.1 Å². The van der Waals surface area contributed by atoms with Crippen molar-refractivity contribution >= 4 is 11.6 Å². The predicted octanol–water partition coefficient (Wildman–Crippen LogP) is 1.73. The number of amides is 1. The minimum atomic E-state index is -0.0201. The monoisotopic (exact) mass is 261 g/mol. The second-order valence-electron chi connectivity index (χ2n) is 5.44. The molecule has 0 aromatic heterocycles. The Hall–Kier alpha value is -1.55. The molecule has 104 valence electrons. The van der Waals surface area contributed by atoms with Crippen LogP contribution in [0.4, 0.5) is 5.69 Å². The van der Waals surface area contributed by atoms with Crippen LogP contribution >= 0.6 is 0 Å². The highest BCUT2D eigenvalue weighted by atomic mass is 16.1. The Bertz CT molecular complexity index is 410. The van der Waals surface area contributed by atoms with Crippen LogP contribution in [0.15, 0.2) is 24.3 Å². The molecule has 1 aliphatic rings. The van der Waals surface area contributed by atoms with Crippen molar-refractivity contribution < 1.29 is 4.79 Å². The van der Waals surface area contributed by atoms with E-state index in [1.54, 1.807) is 24.3 Å². The van der Waals surface area contributed by atoms with E-state index in [-0.39, 0.29) is 5.91 Å². The molecule has 1 aliphatic heterocycles. The van der Waals surface area contributed by atoms with Crippen LogP contribution < -0.4 is 11.1 Å². The highest BCUT2D eigenvalue weighted by molar-refractivity contribution is 5.94. The first-order chi connectivity index (χ1) is 9.15. The Morgan fingerprint density at radius 1 is 1.32 bits per heavy atom. The number of benzene rings is 1. The first-order valence-corrected chi connectivity index (χ1v) is 7.01. The van der Waals surface area contributed by atoms with Gasteiger partial charge in [0.1, 0.15) is 0 Å². The van der Waals surface area contributed by atoms with Gasteiger partial charge >= 0.3 is 0 Å². The molecule has 0 spiro atoms. The summed E-state index contributed by atoms with van der Waals surface area (Å²) in [5.74, 6) is 0.462. The third-order valence-electron chi connectivity index (χ3n) is 3.55. The molecule has 1 aromatic rings. The summed E-state index contributed by atoms with van der Waals surface area (Å²) in [6.07, 6.45) is 2.62. The lowest BCUT2D eigenvalue weighted by atomic mass is 10.1. The number of hydrogen-bond donors (Lipinski definition) is 2. The molecule has 1 fully saturated rings. The van der Waals surface area contributed by atoms with Crippen molar-refractivity contribution in [1.82, 2.24) is 10.2 Å². The summed E-state index contributed by atoms with van der Waals surface area (Å²) in [5, 5.41) is 2.99. The minimum Gasteiger partial charge on any atom is -0.399 e. The van der Waals surface area contributed by atoms with Gasteiger partial charge in [-0.15, -0.1) is 0 Å². The third-order valence-corrected chi connectivity index (χ3v) is 3.55. The van der Waals surface area contributed by atoms with Crippen LogP contribution in [0.5, 0.6) is 0 Å². The summed E-state index contributed by atoms with van der Waals surface area (Å²) >= 11 is 0. The van der Waals surface area contributed by atoms with E-state index in [9.17, 15) is 4.79 Å². The first kappa shape index (κ1) is 13.9. The Labute approximate surface area is 115 Å². The van der Waals surface area contributed by atoms with Crippen molar-refractivity contribution in [2.24, 2.45) is 5.92 Å². The number of anilines is 1. The highest BCUT2D eigenvalue weighted by Gasteiger charge is 2.15. The molecule has 0 radical (unpaired) electrons. The Morgan fingerprint density at radius 2 is 1.95 bits per heavy atom. The summed E-state index contributed by atoms with van der Waals surface area (Å²) in [4.78, 5) is 14.4. The number of nitrogens with zero attached hydrogens (tertiary/aromatic N) is 1. The molecule has 1 atom stereocenters. The van der Waals surface area contributed by atoms with Crippen LogP contribution in [0.2, 0.25) is 0 Å². The van der Waals surface area contributed by atoms with Crippen LogP contribution in [0.25, 0.3) is 0 Å². The van der Waals surface area contributed by atoms with Crippen molar-refractivity contribution in [2.75, 3.05) is 31.9 Å². The molecule has 1 amide bonds. The molecular weight excluding hydrogens is 238 g/mol. The van der Waals surface area contributed by atoms with Crippen LogP contribution in [0, 0.1) is 5.92 Å².